The van der Waals surface area contributed by atoms with E-state index in [2.05, 4.69) is 30.6 Å². The molecule has 0 aliphatic heterocycles. The van der Waals surface area contributed by atoms with Gasteiger partial charge in [-0.25, -0.2) is 0 Å². The van der Waals surface area contributed by atoms with E-state index in [-0.39, 0.29) is 5.43 Å². The van der Waals surface area contributed by atoms with Crippen LogP contribution in [0.3, 0.4) is 0 Å². The van der Waals surface area contributed by atoms with Crippen LogP contribution in [0.2, 0.25) is 0 Å². The van der Waals surface area contributed by atoms with Gasteiger partial charge in [-0.05, 0) is 20.3 Å². The van der Waals surface area contributed by atoms with Crippen LogP contribution in [0.5, 0.6) is 0 Å². The molecule has 0 unspecified atom stereocenters. The largest absolute Gasteiger partial charge is 0.372 e. The van der Waals surface area contributed by atoms with Crippen molar-refractivity contribution in [1.29, 1.82) is 0 Å². The molecule has 16 heavy (non-hydrogen) atoms. The molecule has 4 heteroatoms. The van der Waals surface area contributed by atoms with Gasteiger partial charge in [0, 0.05) is 26.7 Å². The Morgan fingerprint density at radius 1 is 1.12 bits per heavy atom. The van der Waals surface area contributed by atoms with Crippen molar-refractivity contribution in [2.75, 3.05) is 36.5 Å². The Morgan fingerprint density at radius 2 is 1.69 bits per heavy atom. The monoisotopic (exact) mass is 240 g/mol. The quantitative estimate of drug-likeness (QED) is 0.712. The minimum atomic E-state index is 0.0386. The zero-order chi connectivity index (χ0) is 12.3. The summed E-state index contributed by atoms with van der Waals surface area (Å²) in [6.07, 6.45) is 1.06. The summed E-state index contributed by atoms with van der Waals surface area (Å²) in [5, 5.41) is 0. The minimum Gasteiger partial charge on any atom is -0.372 e. The van der Waals surface area contributed by atoms with Gasteiger partial charge < -0.3 is 9.80 Å². The minimum absolute atomic E-state index is 0.0386. The van der Waals surface area contributed by atoms with Crippen LogP contribution in [-0.2, 0) is 0 Å². The summed E-state index contributed by atoms with van der Waals surface area (Å²) in [5.74, 6) is 0. The van der Waals surface area contributed by atoms with E-state index in [0.29, 0.717) is 4.51 Å². The van der Waals surface area contributed by atoms with Crippen molar-refractivity contribution in [3.05, 3.63) is 14.7 Å². The number of anilines is 2. The van der Waals surface area contributed by atoms with Gasteiger partial charge in [-0.1, -0.05) is 19.1 Å². The van der Waals surface area contributed by atoms with Gasteiger partial charge in [-0.2, -0.15) is 0 Å². The first kappa shape index (κ1) is 13.2. The Kier molecular flexibility index (Phi) is 4.47. The van der Waals surface area contributed by atoms with E-state index >= 15 is 0 Å². The van der Waals surface area contributed by atoms with Crippen LogP contribution < -0.4 is 15.2 Å². The lowest BCUT2D eigenvalue weighted by Gasteiger charge is -2.30. The molecule has 1 aromatic carbocycles. The SMILES string of the molecule is CCCN(C)c1c(N(CC)CC)c(=O)c1=S. The summed E-state index contributed by atoms with van der Waals surface area (Å²) < 4.78 is 0.498. The van der Waals surface area contributed by atoms with Crippen molar-refractivity contribution in [2.45, 2.75) is 27.2 Å². The van der Waals surface area contributed by atoms with Gasteiger partial charge in [-0.15, -0.1) is 0 Å². The van der Waals surface area contributed by atoms with E-state index in [4.69, 9.17) is 12.2 Å². The van der Waals surface area contributed by atoms with E-state index in [1.807, 2.05) is 7.05 Å². The first-order valence-electron chi connectivity index (χ1n) is 5.87. The molecule has 0 radical (unpaired) electrons. The van der Waals surface area contributed by atoms with Crippen LogP contribution in [-0.4, -0.2) is 26.7 Å². The molecule has 0 amide bonds. The maximum absolute atomic E-state index is 11.8. The second kappa shape index (κ2) is 5.43. The predicted molar refractivity (Wildman–Crippen MR) is 73.0 cm³/mol. The van der Waals surface area contributed by atoms with Crippen molar-refractivity contribution >= 4 is 23.6 Å². The highest BCUT2D eigenvalue weighted by Crippen LogP contribution is 2.30. The van der Waals surface area contributed by atoms with Crippen molar-refractivity contribution in [3.8, 4) is 0 Å². The molecule has 0 aliphatic rings. The standard InChI is InChI=1S/C12H20N2OS/c1-5-8-13(4)10-9(11(15)12(10)16)14(6-2)7-3/h5-8H2,1-4H3. The maximum Gasteiger partial charge on any atom is 0.224 e. The smallest absolute Gasteiger partial charge is 0.224 e. The van der Waals surface area contributed by atoms with Crippen LogP contribution in [0.1, 0.15) is 27.2 Å². The van der Waals surface area contributed by atoms with Gasteiger partial charge in [0.1, 0.15) is 10.2 Å². The first-order valence-corrected chi connectivity index (χ1v) is 6.28. The summed E-state index contributed by atoms with van der Waals surface area (Å²) >= 11 is 5.13. The summed E-state index contributed by atoms with van der Waals surface area (Å²) in [7, 11) is 2.00. The van der Waals surface area contributed by atoms with Gasteiger partial charge in [0.15, 0.2) is 0 Å². The molecule has 0 atom stereocenters. The molecule has 0 spiro atoms. The Bertz CT molecular complexity index is 417. The molecule has 0 saturated heterocycles. The molecule has 1 rings (SSSR count). The third kappa shape index (κ3) is 2.12. The van der Waals surface area contributed by atoms with E-state index in [9.17, 15) is 4.79 Å². The highest BCUT2D eigenvalue weighted by Gasteiger charge is 2.23. The molecule has 0 fully saturated rings. The Labute approximate surface area is 102 Å². The number of hydrogen-bond donors (Lipinski definition) is 0. The zero-order valence-electron chi connectivity index (χ0n) is 10.5. The molecular weight excluding hydrogens is 220 g/mol. The fourth-order valence-corrected chi connectivity index (χ4v) is 2.35. The van der Waals surface area contributed by atoms with Gasteiger partial charge >= 0.3 is 0 Å². The molecule has 90 valence electrons. The second-order valence-corrected chi connectivity index (χ2v) is 4.36. The lowest BCUT2D eigenvalue weighted by atomic mass is 10.1. The normalized spacial score (nSPS) is 10.8. The molecular formula is C12H20N2OS. The number of rotatable bonds is 6. The summed E-state index contributed by atoms with van der Waals surface area (Å²) in [4.78, 5) is 16.0. The van der Waals surface area contributed by atoms with Gasteiger partial charge in [0.2, 0.25) is 5.43 Å². The highest BCUT2D eigenvalue weighted by atomic mass is 32.1. The van der Waals surface area contributed by atoms with Crippen molar-refractivity contribution in [2.24, 2.45) is 0 Å². The Hall–Kier alpha value is -0.900. The second-order valence-electron chi connectivity index (χ2n) is 3.95. The molecule has 0 N–H and O–H groups in total. The molecule has 0 saturated carbocycles. The molecule has 3 nitrogen and oxygen atoms in total. The molecule has 0 aliphatic carbocycles. The average molecular weight is 240 g/mol. The lowest BCUT2D eigenvalue weighted by molar-refractivity contribution is 0.818. The third-order valence-corrected chi connectivity index (χ3v) is 3.26. The van der Waals surface area contributed by atoms with Crippen LogP contribution >= 0.6 is 12.2 Å². The third-order valence-electron chi connectivity index (χ3n) is 2.88. The summed E-state index contributed by atoms with van der Waals surface area (Å²) in [6, 6.07) is 0. The molecule has 0 heterocycles. The van der Waals surface area contributed by atoms with Gasteiger partial charge in [0.25, 0.3) is 0 Å². The highest BCUT2D eigenvalue weighted by molar-refractivity contribution is 7.71. The van der Waals surface area contributed by atoms with Crippen molar-refractivity contribution in [3.63, 3.8) is 0 Å². The van der Waals surface area contributed by atoms with E-state index in [0.717, 1.165) is 37.4 Å². The lowest BCUT2D eigenvalue weighted by Crippen LogP contribution is -2.35. The van der Waals surface area contributed by atoms with Crippen molar-refractivity contribution < 1.29 is 0 Å². The maximum atomic E-state index is 11.8. The van der Waals surface area contributed by atoms with Crippen LogP contribution in [0.4, 0.5) is 11.4 Å². The Balaban J connectivity index is 3.07. The molecule has 1 aromatic rings. The number of nitrogens with zero attached hydrogens (tertiary/aromatic N) is 2. The van der Waals surface area contributed by atoms with E-state index in [1.54, 1.807) is 0 Å². The predicted octanol–water partition coefficient (Wildman–Crippen LogP) is 2.34. The van der Waals surface area contributed by atoms with Crippen LogP contribution in [0.15, 0.2) is 4.79 Å². The summed E-state index contributed by atoms with van der Waals surface area (Å²) in [5.41, 5.74) is 1.81. The van der Waals surface area contributed by atoms with Crippen LogP contribution in [0, 0.1) is 4.51 Å². The zero-order valence-corrected chi connectivity index (χ0v) is 11.4. The van der Waals surface area contributed by atoms with E-state index in [1.165, 1.54) is 0 Å². The fourth-order valence-electron chi connectivity index (χ4n) is 2.00. The average Bonchev–Trinajstić information content (AvgIpc) is 2.28. The van der Waals surface area contributed by atoms with Crippen LogP contribution in [0.25, 0.3) is 0 Å². The van der Waals surface area contributed by atoms with Crippen molar-refractivity contribution in [1.82, 2.24) is 0 Å². The van der Waals surface area contributed by atoms with Gasteiger partial charge in [0.05, 0.1) is 5.69 Å². The molecule has 0 bridgehead atoms. The fraction of sp³-hybridized carbons (Fsp3) is 0.667. The van der Waals surface area contributed by atoms with Gasteiger partial charge in [-0.3, -0.25) is 4.79 Å². The Morgan fingerprint density at radius 3 is 2.12 bits per heavy atom. The number of hydrogen-bond acceptors (Lipinski definition) is 4. The molecule has 0 aromatic heterocycles. The summed E-state index contributed by atoms with van der Waals surface area (Å²) in [6.45, 7) is 8.88. The topological polar surface area (TPSA) is 23.6 Å². The first-order chi connectivity index (χ1) is 7.58. The van der Waals surface area contributed by atoms with E-state index < -0.39 is 0 Å².